The van der Waals surface area contributed by atoms with Gasteiger partial charge in [-0.25, -0.2) is 0 Å². The molecule has 0 saturated heterocycles. The summed E-state index contributed by atoms with van der Waals surface area (Å²) >= 11 is 1.34. The van der Waals surface area contributed by atoms with E-state index in [4.69, 9.17) is 5.11 Å². The van der Waals surface area contributed by atoms with Crippen molar-refractivity contribution in [1.29, 1.82) is 0 Å². The first-order chi connectivity index (χ1) is 8.54. The summed E-state index contributed by atoms with van der Waals surface area (Å²) < 4.78 is 0. The Kier molecular flexibility index (Phi) is 6.54. The summed E-state index contributed by atoms with van der Waals surface area (Å²) in [6.45, 7) is 2.62. The lowest BCUT2D eigenvalue weighted by atomic mass is 9.81. The van der Waals surface area contributed by atoms with Crippen LogP contribution in [0.4, 0.5) is 0 Å². The molecule has 0 spiro atoms. The Balaban J connectivity index is 2.24. The zero-order valence-corrected chi connectivity index (χ0v) is 11.9. The second-order valence-corrected chi connectivity index (χ2v) is 6.28. The lowest BCUT2D eigenvalue weighted by Gasteiger charge is -2.26. The molecule has 0 aromatic rings. The number of amides is 1. The number of aliphatic carboxylic acids is 1. The van der Waals surface area contributed by atoms with Gasteiger partial charge in [-0.3, -0.25) is 9.59 Å². The van der Waals surface area contributed by atoms with Gasteiger partial charge < -0.3 is 10.4 Å². The second-order valence-electron chi connectivity index (χ2n) is 5.18. The summed E-state index contributed by atoms with van der Waals surface area (Å²) in [5, 5.41) is 11.4. The maximum absolute atomic E-state index is 12.1. The lowest BCUT2D eigenvalue weighted by Crippen LogP contribution is -2.39. The van der Waals surface area contributed by atoms with Gasteiger partial charge in [-0.1, -0.05) is 32.6 Å². The zero-order chi connectivity index (χ0) is 13.4. The second kappa shape index (κ2) is 7.67. The van der Waals surface area contributed by atoms with Crippen LogP contribution in [0, 0.1) is 5.41 Å². The van der Waals surface area contributed by atoms with Crippen LogP contribution >= 0.6 is 11.8 Å². The molecule has 0 atom stereocenters. The van der Waals surface area contributed by atoms with Crippen molar-refractivity contribution < 1.29 is 14.7 Å². The van der Waals surface area contributed by atoms with Crippen molar-refractivity contribution in [1.82, 2.24) is 5.32 Å². The van der Waals surface area contributed by atoms with E-state index in [9.17, 15) is 9.59 Å². The maximum Gasteiger partial charge on any atom is 0.313 e. The van der Waals surface area contributed by atoms with E-state index in [1.165, 1.54) is 24.6 Å². The molecule has 1 aliphatic rings. The smallest absolute Gasteiger partial charge is 0.313 e. The Morgan fingerprint density at radius 2 is 1.83 bits per heavy atom. The van der Waals surface area contributed by atoms with Gasteiger partial charge >= 0.3 is 5.97 Å². The van der Waals surface area contributed by atoms with Crippen molar-refractivity contribution in [2.75, 3.05) is 18.1 Å². The molecule has 1 saturated carbocycles. The van der Waals surface area contributed by atoms with E-state index in [0.717, 1.165) is 25.7 Å². The average molecular weight is 273 g/mol. The van der Waals surface area contributed by atoms with Gasteiger partial charge in [0.05, 0.1) is 5.75 Å². The van der Waals surface area contributed by atoms with Crippen LogP contribution in [0.2, 0.25) is 0 Å². The monoisotopic (exact) mass is 273 g/mol. The van der Waals surface area contributed by atoms with Gasteiger partial charge in [0.15, 0.2) is 0 Å². The van der Waals surface area contributed by atoms with Gasteiger partial charge in [0, 0.05) is 17.7 Å². The molecule has 2 N–H and O–H groups in total. The summed E-state index contributed by atoms with van der Waals surface area (Å²) in [6, 6.07) is 0. The Morgan fingerprint density at radius 3 is 2.39 bits per heavy atom. The van der Waals surface area contributed by atoms with Gasteiger partial charge in [0.25, 0.3) is 0 Å². The minimum absolute atomic E-state index is 0.104. The van der Waals surface area contributed by atoms with Crippen LogP contribution < -0.4 is 5.32 Å². The molecule has 1 fully saturated rings. The molecule has 1 rings (SSSR count). The molecule has 104 valence electrons. The molecular formula is C13H23NO3S. The minimum atomic E-state index is -0.804. The van der Waals surface area contributed by atoms with Crippen molar-refractivity contribution in [3.05, 3.63) is 0 Å². The lowest BCUT2D eigenvalue weighted by molar-refractivity contribution is -0.134. The van der Waals surface area contributed by atoms with Crippen LogP contribution in [-0.2, 0) is 9.59 Å². The summed E-state index contributed by atoms with van der Waals surface area (Å²) in [5.41, 5.74) is -0.214. The molecule has 1 aliphatic carbocycles. The SMILES string of the molecule is CC1(C(=O)NCCSCC(=O)O)CCCCCC1. The molecule has 0 radical (unpaired) electrons. The molecule has 0 aliphatic heterocycles. The highest BCUT2D eigenvalue weighted by atomic mass is 32.2. The fourth-order valence-electron chi connectivity index (χ4n) is 2.35. The third kappa shape index (κ3) is 5.29. The van der Waals surface area contributed by atoms with Crippen LogP contribution in [0.25, 0.3) is 0 Å². The first-order valence-electron chi connectivity index (χ1n) is 6.62. The van der Waals surface area contributed by atoms with Crippen LogP contribution in [0.3, 0.4) is 0 Å². The van der Waals surface area contributed by atoms with E-state index in [0.29, 0.717) is 12.3 Å². The number of thioether (sulfide) groups is 1. The molecule has 5 heteroatoms. The average Bonchev–Trinajstić information content (AvgIpc) is 2.54. The molecule has 0 unspecified atom stereocenters. The predicted octanol–water partition coefficient (Wildman–Crippen LogP) is 2.28. The van der Waals surface area contributed by atoms with E-state index in [-0.39, 0.29) is 17.1 Å². The maximum atomic E-state index is 12.1. The van der Waals surface area contributed by atoms with Crippen LogP contribution in [0.15, 0.2) is 0 Å². The number of carboxylic acids is 1. The van der Waals surface area contributed by atoms with Crippen molar-refractivity contribution in [3.63, 3.8) is 0 Å². The van der Waals surface area contributed by atoms with E-state index >= 15 is 0 Å². The highest BCUT2D eigenvalue weighted by molar-refractivity contribution is 7.99. The van der Waals surface area contributed by atoms with Crippen LogP contribution in [-0.4, -0.2) is 35.0 Å². The summed E-state index contributed by atoms with van der Waals surface area (Å²) in [7, 11) is 0. The Hall–Kier alpha value is -0.710. The molecule has 18 heavy (non-hydrogen) atoms. The number of rotatable bonds is 6. The van der Waals surface area contributed by atoms with Gasteiger partial charge in [-0.15, -0.1) is 11.8 Å². The molecule has 0 heterocycles. The van der Waals surface area contributed by atoms with Crippen molar-refractivity contribution in [2.45, 2.75) is 45.4 Å². The summed E-state index contributed by atoms with van der Waals surface area (Å²) in [6.07, 6.45) is 6.69. The van der Waals surface area contributed by atoms with Gasteiger partial charge in [0.2, 0.25) is 5.91 Å². The molecule has 0 aromatic heterocycles. The summed E-state index contributed by atoms with van der Waals surface area (Å²) in [5.74, 6) is 0.101. The standard InChI is InChI=1S/C13H23NO3S/c1-13(6-4-2-3-5-7-13)12(17)14-8-9-18-10-11(15)16/h2-10H2,1H3,(H,14,17)(H,15,16). The summed E-state index contributed by atoms with van der Waals surface area (Å²) in [4.78, 5) is 22.5. The molecule has 0 aromatic carbocycles. The topological polar surface area (TPSA) is 66.4 Å². The first-order valence-corrected chi connectivity index (χ1v) is 7.78. The van der Waals surface area contributed by atoms with Crippen molar-refractivity contribution in [2.24, 2.45) is 5.41 Å². The zero-order valence-electron chi connectivity index (χ0n) is 11.0. The van der Waals surface area contributed by atoms with Gasteiger partial charge in [-0.2, -0.15) is 0 Å². The van der Waals surface area contributed by atoms with Crippen molar-refractivity contribution >= 4 is 23.6 Å². The van der Waals surface area contributed by atoms with E-state index in [2.05, 4.69) is 12.2 Å². The number of hydrogen-bond acceptors (Lipinski definition) is 3. The van der Waals surface area contributed by atoms with E-state index in [1.54, 1.807) is 0 Å². The Labute approximate surface area is 113 Å². The quantitative estimate of drug-likeness (QED) is 0.575. The number of carbonyl (C=O) groups excluding carboxylic acids is 1. The third-order valence-corrected chi connectivity index (χ3v) is 4.46. The van der Waals surface area contributed by atoms with Crippen LogP contribution in [0.5, 0.6) is 0 Å². The van der Waals surface area contributed by atoms with Crippen molar-refractivity contribution in [3.8, 4) is 0 Å². The van der Waals surface area contributed by atoms with Gasteiger partial charge in [0.1, 0.15) is 0 Å². The fraction of sp³-hybridized carbons (Fsp3) is 0.846. The Bertz CT molecular complexity index is 286. The van der Waals surface area contributed by atoms with E-state index < -0.39 is 5.97 Å². The highest BCUT2D eigenvalue weighted by Gasteiger charge is 2.32. The highest BCUT2D eigenvalue weighted by Crippen LogP contribution is 2.34. The molecule has 1 amide bonds. The normalized spacial score (nSPS) is 18.9. The number of carbonyl (C=O) groups is 2. The first kappa shape index (κ1) is 15.3. The van der Waals surface area contributed by atoms with Gasteiger partial charge in [-0.05, 0) is 12.8 Å². The number of carboxylic acid groups (broad SMARTS) is 1. The predicted molar refractivity (Wildman–Crippen MR) is 73.8 cm³/mol. The molecule has 4 nitrogen and oxygen atoms in total. The van der Waals surface area contributed by atoms with Crippen LogP contribution in [0.1, 0.15) is 45.4 Å². The third-order valence-electron chi connectivity index (χ3n) is 3.51. The molecule has 0 bridgehead atoms. The van der Waals surface area contributed by atoms with E-state index in [1.807, 2.05) is 0 Å². The number of hydrogen-bond donors (Lipinski definition) is 2. The number of nitrogens with one attached hydrogen (secondary N) is 1. The molecular weight excluding hydrogens is 250 g/mol. The minimum Gasteiger partial charge on any atom is -0.481 e. The Morgan fingerprint density at radius 1 is 1.22 bits per heavy atom. The fourth-order valence-corrected chi connectivity index (χ4v) is 2.91. The largest absolute Gasteiger partial charge is 0.481 e.